The summed E-state index contributed by atoms with van der Waals surface area (Å²) in [4.78, 5) is 31.0. The molecule has 2 aromatic heterocycles. The topological polar surface area (TPSA) is 105 Å². The van der Waals surface area contributed by atoms with Gasteiger partial charge in [0.15, 0.2) is 5.75 Å². The molecule has 0 amide bonds. The van der Waals surface area contributed by atoms with Gasteiger partial charge in [-0.05, 0) is 42.3 Å². The first-order chi connectivity index (χ1) is 17.5. The molecule has 7 nitrogen and oxygen atoms in total. The normalized spacial score (nSPS) is 14.2. The molecule has 1 atom stereocenters. The van der Waals surface area contributed by atoms with Crippen LogP contribution in [0, 0.1) is 6.92 Å². The lowest BCUT2D eigenvalue weighted by Crippen LogP contribution is -2.24. The van der Waals surface area contributed by atoms with Gasteiger partial charge in [0, 0.05) is 0 Å². The SMILES string of the molecule is CCOC(=O)c1c(C)nc2c(c1N)C(c1cccc3ccccc13)c1c(c3ccccc3oc1=O)O2. The van der Waals surface area contributed by atoms with Gasteiger partial charge in [-0.15, -0.1) is 0 Å². The van der Waals surface area contributed by atoms with Crippen molar-refractivity contribution in [2.45, 2.75) is 19.8 Å². The number of carbonyl (C=O) groups is 1. The highest BCUT2D eigenvalue weighted by molar-refractivity contribution is 5.99. The number of aryl methyl sites for hydroxylation is 1. The minimum atomic E-state index is -0.683. The van der Waals surface area contributed by atoms with Crippen LogP contribution in [0.3, 0.4) is 0 Å². The molecule has 1 unspecified atom stereocenters. The summed E-state index contributed by atoms with van der Waals surface area (Å²) >= 11 is 0. The van der Waals surface area contributed by atoms with E-state index in [9.17, 15) is 9.59 Å². The molecule has 0 aliphatic carbocycles. The first kappa shape index (κ1) is 21.9. The lowest BCUT2D eigenvalue weighted by atomic mass is 9.80. The Morgan fingerprint density at radius 2 is 1.72 bits per heavy atom. The number of rotatable bonds is 3. The third kappa shape index (κ3) is 3.16. The van der Waals surface area contributed by atoms with Crippen molar-refractivity contribution in [1.29, 1.82) is 0 Å². The molecule has 3 heterocycles. The maximum atomic E-state index is 13.5. The Hall–Kier alpha value is -4.65. The summed E-state index contributed by atoms with van der Waals surface area (Å²) in [5.74, 6) is -0.630. The molecule has 3 aromatic carbocycles. The fourth-order valence-corrected chi connectivity index (χ4v) is 5.08. The predicted octanol–water partition coefficient (Wildman–Crippen LogP) is 5.69. The fourth-order valence-electron chi connectivity index (χ4n) is 5.08. The van der Waals surface area contributed by atoms with Crippen LogP contribution in [-0.2, 0) is 4.74 Å². The molecule has 6 rings (SSSR count). The highest BCUT2D eigenvalue weighted by Gasteiger charge is 2.39. The zero-order valence-corrected chi connectivity index (χ0v) is 19.7. The second-order valence-corrected chi connectivity index (χ2v) is 8.66. The summed E-state index contributed by atoms with van der Waals surface area (Å²) in [6, 6.07) is 21.0. The van der Waals surface area contributed by atoms with Gasteiger partial charge in [-0.1, -0.05) is 54.6 Å². The standard InChI is InChI=1S/C29H22N2O5/c1-3-34-28(32)21-15(2)31-27-23(25(21)30)22(18-13-8-10-16-9-4-5-11-17(16)18)24-26(36-27)19-12-6-7-14-20(19)35-29(24)33/h4-14,22H,3H2,1-2H3,(H2,30,31). The molecule has 36 heavy (non-hydrogen) atoms. The van der Waals surface area contributed by atoms with E-state index in [1.165, 1.54) is 0 Å². The number of nitrogen functional groups attached to an aromatic ring is 1. The summed E-state index contributed by atoms with van der Waals surface area (Å²) in [5.41, 5.74) is 8.85. The Bertz CT molecular complexity index is 1750. The molecular weight excluding hydrogens is 456 g/mol. The minimum absolute atomic E-state index is 0.165. The molecule has 5 aromatic rings. The van der Waals surface area contributed by atoms with Crippen molar-refractivity contribution in [2.24, 2.45) is 0 Å². The Morgan fingerprint density at radius 3 is 2.53 bits per heavy atom. The number of anilines is 1. The molecule has 1 aliphatic rings. The molecule has 1 aliphatic heterocycles. The van der Waals surface area contributed by atoms with E-state index in [1.807, 2.05) is 54.6 Å². The van der Waals surface area contributed by atoms with E-state index in [1.54, 1.807) is 26.0 Å². The van der Waals surface area contributed by atoms with E-state index in [-0.39, 0.29) is 23.7 Å². The summed E-state index contributed by atoms with van der Waals surface area (Å²) in [7, 11) is 0. The highest BCUT2D eigenvalue weighted by atomic mass is 16.5. The van der Waals surface area contributed by atoms with Crippen molar-refractivity contribution in [3.63, 3.8) is 0 Å². The first-order valence-electron chi connectivity index (χ1n) is 11.7. The fraction of sp³-hybridized carbons (Fsp3) is 0.138. The summed E-state index contributed by atoms with van der Waals surface area (Å²) in [5, 5.41) is 2.59. The largest absolute Gasteiger partial charge is 0.462 e. The number of hydrogen-bond donors (Lipinski definition) is 1. The Kier molecular flexibility index (Phi) is 5.00. The van der Waals surface area contributed by atoms with Crippen molar-refractivity contribution in [3.8, 4) is 11.6 Å². The molecule has 2 N–H and O–H groups in total. The van der Waals surface area contributed by atoms with E-state index >= 15 is 0 Å². The molecule has 0 spiro atoms. The average molecular weight is 479 g/mol. The number of fused-ring (bicyclic) bond motifs is 5. The quantitative estimate of drug-likeness (QED) is 0.257. The van der Waals surface area contributed by atoms with E-state index in [0.717, 1.165) is 16.3 Å². The zero-order valence-electron chi connectivity index (χ0n) is 19.7. The second kappa shape index (κ2) is 8.23. The van der Waals surface area contributed by atoms with Gasteiger partial charge < -0.3 is 19.6 Å². The molecule has 0 bridgehead atoms. The van der Waals surface area contributed by atoms with Gasteiger partial charge in [-0.25, -0.2) is 14.6 Å². The second-order valence-electron chi connectivity index (χ2n) is 8.66. The van der Waals surface area contributed by atoms with Crippen LogP contribution in [0.15, 0.2) is 75.9 Å². The number of benzene rings is 3. The van der Waals surface area contributed by atoms with Gasteiger partial charge in [0.2, 0.25) is 5.88 Å². The number of para-hydroxylation sites is 1. The number of esters is 1. The Labute approximate surface area is 206 Å². The van der Waals surface area contributed by atoms with Crippen molar-refractivity contribution < 1.29 is 18.7 Å². The van der Waals surface area contributed by atoms with Gasteiger partial charge in [-0.3, -0.25) is 0 Å². The van der Waals surface area contributed by atoms with Gasteiger partial charge in [0.25, 0.3) is 0 Å². The Morgan fingerprint density at radius 1 is 1.00 bits per heavy atom. The Balaban J connectivity index is 1.75. The first-order valence-corrected chi connectivity index (χ1v) is 11.7. The van der Waals surface area contributed by atoms with Crippen LogP contribution < -0.4 is 16.1 Å². The van der Waals surface area contributed by atoms with Gasteiger partial charge in [-0.2, -0.15) is 0 Å². The molecule has 0 fully saturated rings. The predicted molar refractivity (Wildman–Crippen MR) is 137 cm³/mol. The maximum absolute atomic E-state index is 13.5. The smallest absolute Gasteiger partial charge is 0.344 e. The highest BCUT2D eigenvalue weighted by Crippen LogP contribution is 2.51. The molecule has 0 saturated carbocycles. The molecule has 7 heteroatoms. The van der Waals surface area contributed by atoms with E-state index in [2.05, 4.69) is 4.98 Å². The van der Waals surface area contributed by atoms with Crippen LogP contribution in [0.4, 0.5) is 5.69 Å². The third-order valence-corrected chi connectivity index (χ3v) is 6.61. The number of carbonyl (C=O) groups excluding carboxylic acids is 1. The van der Waals surface area contributed by atoms with E-state index < -0.39 is 17.5 Å². The molecular formula is C29H22N2O5. The van der Waals surface area contributed by atoms with Crippen LogP contribution in [0.25, 0.3) is 21.7 Å². The number of ether oxygens (including phenoxy) is 2. The summed E-state index contributed by atoms with van der Waals surface area (Å²) in [6.07, 6.45) is 0. The zero-order chi connectivity index (χ0) is 25.0. The van der Waals surface area contributed by atoms with E-state index in [0.29, 0.717) is 33.5 Å². The lowest BCUT2D eigenvalue weighted by Gasteiger charge is -2.30. The third-order valence-electron chi connectivity index (χ3n) is 6.61. The molecule has 0 radical (unpaired) electrons. The summed E-state index contributed by atoms with van der Waals surface area (Å²) in [6.45, 7) is 3.60. The average Bonchev–Trinajstić information content (AvgIpc) is 2.87. The lowest BCUT2D eigenvalue weighted by molar-refractivity contribution is 0.0526. The summed E-state index contributed by atoms with van der Waals surface area (Å²) < 4.78 is 17.3. The number of pyridine rings is 1. The van der Waals surface area contributed by atoms with Crippen molar-refractivity contribution in [3.05, 3.63) is 105 Å². The monoisotopic (exact) mass is 478 g/mol. The van der Waals surface area contributed by atoms with Crippen molar-refractivity contribution in [1.82, 2.24) is 4.98 Å². The van der Waals surface area contributed by atoms with E-state index in [4.69, 9.17) is 19.6 Å². The van der Waals surface area contributed by atoms with Gasteiger partial charge >= 0.3 is 11.6 Å². The van der Waals surface area contributed by atoms with Crippen molar-refractivity contribution in [2.75, 3.05) is 12.3 Å². The molecule has 0 saturated heterocycles. The van der Waals surface area contributed by atoms with Gasteiger partial charge in [0.1, 0.15) is 11.1 Å². The van der Waals surface area contributed by atoms with Gasteiger partial charge in [0.05, 0.1) is 40.4 Å². The number of hydrogen-bond acceptors (Lipinski definition) is 7. The van der Waals surface area contributed by atoms with Crippen LogP contribution >= 0.6 is 0 Å². The number of nitrogens with zero attached hydrogens (tertiary/aromatic N) is 1. The number of aromatic nitrogens is 1. The maximum Gasteiger partial charge on any atom is 0.344 e. The van der Waals surface area contributed by atoms with Crippen molar-refractivity contribution >= 4 is 33.4 Å². The number of nitrogens with two attached hydrogens (primary N) is 1. The van der Waals surface area contributed by atoms with Crippen LogP contribution in [0.5, 0.6) is 11.6 Å². The van der Waals surface area contributed by atoms with Crippen LogP contribution in [0.1, 0.15) is 45.6 Å². The molecule has 178 valence electrons. The van der Waals surface area contributed by atoms with Crippen LogP contribution in [-0.4, -0.2) is 17.6 Å². The minimum Gasteiger partial charge on any atom is -0.462 e. The van der Waals surface area contributed by atoms with Crippen LogP contribution in [0.2, 0.25) is 0 Å².